The first-order valence-corrected chi connectivity index (χ1v) is 6.24. The quantitative estimate of drug-likeness (QED) is 0.833. The normalized spacial score (nSPS) is 12.2. The van der Waals surface area contributed by atoms with Crippen LogP contribution in [-0.2, 0) is 11.3 Å². The van der Waals surface area contributed by atoms with Crippen molar-refractivity contribution in [1.29, 1.82) is 0 Å². The summed E-state index contributed by atoms with van der Waals surface area (Å²) in [6.45, 7) is 4.37. The Kier molecular flexibility index (Phi) is 5.22. The number of carboxylic acid groups (broad SMARTS) is 1. The molecule has 0 spiro atoms. The number of rotatable bonds is 6. The number of carbonyl (C=O) groups excluding carboxylic acids is 1. The van der Waals surface area contributed by atoms with Gasteiger partial charge in [0.25, 0.3) is 5.91 Å². The predicted octanol–water partition coefficient (Wildman–Crippen LogP) is 2.14. The van der Waals surface area contributed by atoms with E-state index in [0.29, 0.717) is 23.7 Å². The Morgan fingerprint density at radius 3 is 2.67 bits per heavy atom. The van der Waals surface area contributed by atoms with Gasteiger partial charge in [0.15, 0.2) is 0 Å². The number of aliphatic carboxylic acids is 1. The van der Waals surface area contributed by atoms with Gasteiger partial charge in [-0.3, -0.25) is 9.59 Å². The van der Waals surface area contributed by atoms with Crippen LogP contribution in [-0.4, -0.2) is 27.6 Å². The van der Waals surface area contributed by atoms with Gasteiger partial charge in [-0.2, -0.15) is 0 Å². The van der Waals surface area contributed by atoms with Crippen LogP contribution < -0.4 is 5.32 Å². The van der Waals surface area contributed by atoms with Gasteiger partial charge in [-0.05, 0) is 19.4 Å². The number of aryl methyl sites for hydroxylation is 1. The molecule has 100 valence electrons. The van der Waals surface area contributed by atoms with Crippen molar-refractivity contribution in [1.82, 2.24) is 9.88 Å². The lowest BCUT2D eigenvalue weighted by Gasteiger charge is -2.15. The zero-order chi connectivity index (χ0) is 13.7. The first kappa shape index (κ1) is 14.6. The van der Waals surface area contributed by atoms with Gasteiger partial charge in [-0.1, -0.05) is 18.5 Å². The number of halogens is 1. The summed E-state index contributed by atoms with van der Waals surface area (Å²) < 4.78 is 1.73. The molecule has 0 aromatic carbocycles. The molecule has 2 N–H and O–H groups in total. The smallest absolute Gasteiger partial charge is 0.305 e. The van der Waals surface area contributed by atoms with Crippen molar-refractivity contribution in [2.45, 2.75) is 39.3 Å². The second-order valence-electron chi connectivity index (χ2n) is 4.01. The summed E-state index contributed by atoms with van der Waals surface area (Å²) in [4.78, 5) is 22.6. The molecule has 0 aliphatic heterocycles. The van der Waals surface area contributed by atoms with Crippen LogP contribution in [0.15, 0.2) is 12.3 Å². The zero-order valence-corrected chi connectivity index (χ0v) is 11.2. The summed E-state index contributed by atoms with van der Waals surface area (Å²) in [5.74, 6) is -1.22. The minimum atomic E-state index is -0.925. The standard InChI is InChI=1S/C12H17ClN2O3/c1-3-9(6-11(16)17)14-12(18)10-5-8(13)7-15(10)4-2/h5,7,9H,3-4,6H2,1-2H3,(H,14,18)(H,16,17). The van der Waals surface area contributed by atoms with Gasteiger partial charge < -0.3 is 15.0 Å². The maximum atomic E-state index is 12.0. The Bertz CT molecular complexity index is 443. The van der Waals surface area contributed by atoms with Crippen molar-refractivity contribution < 1.29 is 14.7 Å². The molecule has 1 unspecified atom stereocenters. The van der Waals surface area contributed by atoms with Gasteiger partial charge in [-0.25, -0.2) is 0 Å². The van der Waals surface area contributed by atoms with Crippen LogP contribution in [0.5, 0.6) is 0 Å². The van der Waals surface area contributed by atoms with Gasteiger partial charge in [-0.15, -0.1) is 0 Å². The van der Waals surface area contributed by atoms with Crippen molar-refractivity contribution in [3.05, 3.63) is 23.0 Å². The van der Waals surface area contributed by atoms with Gasteiger partial charge in [0, 0.05) is 18.8 Å². The number of amides is 1. The Morgan fingerprint density at radius 1 is 1.50 bits per heavy atom. The molecule has 0 bridgehead atoms. The van der Waals surface area contributed by atoms with E-state index >= 15 is 0 Å². The van der Waals surface area contributed by atoms with Crippen molar-refractivity contribution in [2.24, 2.45) is 0 Å². The van der Waals surface area contributed by atoms with Crippen LogP contribution >= 0.6 is 11.6 Å². The maximum Gasteiger partial charge on any atom is 0.305 e. The van der Waals surface area contributed by atoms with Crippen molar-refractivity contribution in [3.63, 3.8) is 0 Å². The highest BCUT2D eigenvalue weighted by molar-refractivity contribution is 6.31. The minimum Gasteiger partial charge on any atom is -0.481 e. The lowest BCUT2D eigenvalue weighted by Crippen LogP contribution is -2.37. The molecule has 18 heavy (non-hydrogen) atoms. The van der Waals surface area contributed by atoms with E-state index in [0.717, 1.165) is 0 Å². The highest BCUT2D eigenvalue weighted by Gasteiger charge is 2.18. The third kappa shape index (κ3) is 3.77. The molecule has 1 aromatic rings. The highest BCUT2D eigenvalue weighted by atomic mass is 35.5. The second-order valence-corrected chi connectivity index (χ2v) is 4.44. The van der Waals surface area contributed by atoms with E-state index < -0.39 is 5.97 Å². The molecule has 0 fully saturated rings. The molecule has 0 aliphatic rings. The molecule has 0 radical (unpaired) electrons. The Labute approximate surface area is 111 Å². The third-order valence-corrected chi connectivity index (χ3v) is 2.89. The molecule has 6 heteroatoms. The number of aromatic nitrogens is 1. The van der Waals surface area contributed by atoms with E-state index in [-0.39, 0.29) is 18.4 Å². The van der Waals surface area contributed by atoms with Crippen LogP contribution in [0.1, 0.15) is 37.2 Å². The largest absolute Gasteiger partial charge is 0.481 e. The summed E-state index contributed by atoms with van der Waals surface area (Å²) in [5.41, 5.74) is 0.450. The van der Waals surface area contributed by atoms with Gasteiger partial charge in [0.1, 0.15) is 5.69 Å². The van der Waals surface area contributed by atoms with Gasteiger partial charge in [0.05, 0.1) is 11.4 Å². The second kappa shape index (κ2) is 6.44. The lowest BCUT2D eigenvalue weighted by atomic mass is 10.1. The molecule has 0 aliphatic carbocycles. The molecule has 1 aromatic heterocycles. The number of nitrogens with one attached hydrogen (secondary N) is 1. The van der Waals surface area contributed by atoms with E-state index in [1.54, 1.807) is 16.8 Å². The van der Waals surface area contributed by atoms with Crippen molar-refractivity contribution in [3.8, 4) is 0 Å². The maximum absolute atomic E-state index is 12.0. The SMILES string of the molecule is CCC(CC(=O)O)NC(=O)c1cc(Cl)cn1CC. The lowest BCUT2D eigenvalue weighted by molar-refractivity contribution is -0.137. The van der Waals surface area contributed by atoms with Crippen molar-refractivity contribution >= 4 is 23.5 Å². The van der Waals surface area contributed by atoms with Crippen LogP contribution in [0.4, 0.5) is 0 Å². The fraction of sp³-hybridized carbons (Fsp3) is 0.500. The van der Waals surface area contributed by atoms with Gasteiger partial charge in [0.2, 0.25) is 0 Å². The number of carbonyl (C=O) groups is 2. The summed E-state index contributed by atoms with van der Waals surface area (Å²) in [6, 6.07) is 1.21. The molecular formula is C12H17ClN2O3. The topological polar surface area (TPSA) is 71.3 Å². The average molecular weight is 273 g/mol. The first-order chi connectivity index (χ1) is 8.47. The predicted molar refractivity (Wildman–Crippen MR) is 68.9 cm³/mol. The Morgan fingerprint density at radius 2 is 2.17 bits per heavy atom. The Balaban J connectivity index is 2.77. The van der Waals surface area contributed by atoms with Crippen molar-refractivity contribution in [2.75, 3.05) is 0 Å². The first-order valence-electron chi connectivity index (χ1n) is 5.86. The summed E-state index contributed by atoms with van der Waals surface area (Å²) in [6.07, 6.45) is 2.16. The molecule has 1 atom stereocenters. The summed E-state index contributed by atoms with van der Waals surface area (Å²) >= 11 is 5.85. The van der Waals surface area contributed by atoms with Gasteiger partial charge >= 0.3 is 5.97 Å². The molecule has 0 saturated heterocycles. The Hall–Kier alpha value is -1.49. The average Bonchev–Trinajstić information content (AvgIpc) is 2.69. The molecule has 5 nitrogen and oxygen atoms in total. The molecular weight excluding hydrogens is 256 g/mol. The van der Waals surface area contributed by atoms with Crippen LogP contribution in [0.3, 0.4) is 0 Å². The molecule has 1 heterocycles. The monoisotopic (exact) mass is 272 g/mol. The third-order valence-electron chi connectivity index (χ3n) is 2.69. The molecule has 0 saturated carbocycles. The van der Waals surface area contributed by atoms with E-state index in [1.807, 2.05) is 13.8 Å². The minimum absolute atomic E-state index is 0.0805. The number of hydrogen-bond donors (Lipinski definition) is 2. The molecule has 1 rings (SSSR count). The van der Waals surface area contributed by atoms with Crippen LogP contribution in [0, 0.1) is 0 Å². The number of nitrogens with zero attached hydrogens (tertiary/aromatic N) is 1. The molecule has 1 amide bonds. The highest BCUT2D eigenvalue weighted by Crippen LogP contribution is 2.14. The summed E-state index contributed by atoms with van der Waals surface area (Å²) in [5, 5.41) is 11.9. The van der Waals surface area contributed by atoms with E-state index in [1.165, 1.54) is 0 Å². The zero-order valence-electron chi connectivity index (χ0n) is 10.4. The van der Waals surface area contributed by atoms with E-state index in [4.69, 9.17) is 16.7 Å². The van der Waals surface area contributed by atoms with Crippen LogP contribution in [0.2, 0.25) is 5.02 Å². The fourth-order valence-corrected chi connectivity index (χ4v) is 1.92. The van der Waals surface area contributed by atoms with E-state index in [2.05, 4.69) is 5.32 Å². The van der Waals surface area contributed by atoms with Crippen LogP contribution in [0.25, 0.3) is 0 Å². The number of hydrogen-bond acceptors (Lipinski definition) is 2. The van der Waals surface area contributed by atoms with E-state index in [9.17, 15) is 9.59 Å². The summed E-state index contributed by atoms with van der Waals surface area (Å²) in [7, 11) is 0. The fourth-order valence-electron chi connectivity index (χ4n) is 1.69. The number of carboxylic acids is 1.